The number of carbonyl (C=O) groups excluding carboxylic acids is 1. The van der Waals surface area contributed by atoms with Crippen LogP contribution < -0.4 is 5.32 Å². The third-order valence-corrected chi connectivity index (χ3v) is 4.56. The molecule has 2 atom stereocenters. The van der Waals surface area contributed by atoms with Gasteiger partial charge in [-0.25, -0.2) is 4.79 Å². The van der Waals surface area contributed by atoms with Crippen LogP contribution in [0.3, 0.4) is 0 Å². The lowest BCUT2D eigenvalue weighted by Crippen LogP contribution is -2.50. The Balaban J connectivity index is 2.50. The fourth-order valence-corrected chi connectivity index (χ4v) is 2.55. The highest BCUT2D eigenvalue weighted by molar-refractivity contribution is 5.68. The molecule has 0 aromatic rings. The molecule has 1 aliphatic heterocycles. The number of hydrogen-bond acceptors (Lipinski definition) is 3. The minimum atomic E-state index is -0.423. The first kappa shape index (κ1) is 19.3. The molecule has 0 aromatic heterocycles. The van der Waals surface area contributed by atoms with Gasteiger partial charge in [0.25, 0.3) is 0 Å². The van der Waals surface area contributed by atoms with Crippen LogP contribution >= 0.6 is 0 Å². The summed E-state index contributed by atoms with van der Waals surface area (Å²) in [5, 5.41) is 3.56. The van der Waals surface area contributed by atoms with E-state index in [4.69, 9.17) is 4.74 Å². The second-order valence-corrected chi connectivity index (χ2v) is 8.75. The summed E-state index contributed by atoms with van der Waals surface area (Å²) < 4.78 is 5.55. The molecule has 4 nitrogen and oxygen atoms in total. The molecule has 1 saturated heterocycles. The molecule has 4 heteroatoms. The maximum absolute atomic E-state index is 12.4. The van der Waals surface area contributed by atoms with E-state index < -0.39 is 5.60 Å². The zero-order valence-electron chi connectivity index (χ0n) is 15.7. The Morgan fingerprint density at radius 2 is 1.86 bits per heavy atom. The van der Waals surface area contributed by atoms with Crippen molar-refractivity contribution in [2.45, 2.75) is 79.4 Å². The SMILES string of the molecule is CC(CNCC1CCCCN1C(=O)OC(C)(C)C)C(C)(C)C. The lowest BCUT2D eigenvalue weighted by molar-refractivity contribution is 0.00976. The molecule has 0 saturated carbocycles. The molecule has 0 bridgehead atoms. The Kier molecular flexibility index (Phi) is 6.72. The van der Waals surface area contributed by atoms with Gasteiger partial charge in [0.1, 0.15) is 5.60 Å². The number of likely N-dealkylation sites (tertiary alicyclic amines) is 1. The van der Waals surface area contributed by atoms with Crippen LogP contribution in [-0.4, -0.2) is 42.3 Å². The van der Waals surface area contributed by atoms with Crippen LogP contribution in [0.2, 0.25) is 0 Å². The highest BCUT2D eigenvalue weighted by atomic mass is 16.6. The fraction of sp³-hybridized carbons (Fsp3) is 0.944. The maximum atomic E-state index is 12.4. The first-order valence-electron chi connectivity index (χ1n) is 8.71. The van der Waals surface area contributed by atoms with E-state index in [0.29, 0.717) is 11.3 Å². The molecule has 1 aliphatic rings. The highest BCUT2D eigenvalue weighted by Gasteiger charge is 2.30. The van der Waals surface area contributed by atoms with E-state index in [1.54, 1.807) is 0 Å². The standard InChI is InChI=1S/C18H36N2O2/c1-14(17(2,3)4)12-19-13-15-10-8-9-11-20(15)16(21)22-18(5,6)7/h14-15,19H,8-13H2,1-7H3. The van der Waals surface area contributed by atoms with Crippen LogP contribution in [-0.2, 0) is 4.74 Å². The first-order chi connectivity index (χ1) is 10.0. The molecule has 0 radical (unpaired) electrons. The van der Waals surface area contributed by atoms with Gasteiger partial charge in [-0.1, -0.05) is 27.7 Å². The van der Waals surface area contributed by atoms with Crippen molar-refractivity contribution in [2.75, 3.05) is 19.6 Å². The van der Waals surface area contributed by atoms with Crippen LogP contribution in [0.1, 0.15) is 67.7 Å². The molecule has 1 heterocycles. The third kappa shape index (κ3) is 6.55. The molecule has 1 N–H and O–H groups in total. The van der Waals surface area contributed by atoms with Gasteiger partial charge in [0, 0.05) is 19.1 Å². The number of amides is 1. The zero-order valence-corrected chi connectivity index (χ0v) is 15.7. The largest absolute Gasteiger partial charge is 0.444 e. The minimum Gasteiger partial charge on any atom is -0.444 e. The number of carbonyl (C=O) groups is 1. The van der Waals surface area contributed by atoms with Crippen molar-refractivity contribution in [2.24, 2.45) is 11.3 Å². The summed E-state index contributed by atoms with van der Waals surface area (Å²) in [5.41, 5.74) is -0.113. The normalized spacial score (nSPS) is 21.6. The van der Waals surface area contributed by atoms with E-state index >= 15 is 0 Å². The topological polar surface area (TPSA) is 41.6 Å². The molecular weight excluding hydrogens is 276 g/mol. The average Bonchev–Trinajstić information content (AvgIpc) is 2.36. The monoisotopic (exact) mass is 312 g/mol. The summed E-state index contributed by atoms with van der Waals surface area (Å²) in [6.45, 7) is 17.5. The molecule has 1 amide bonds. The van der Waals surface area contributed by atoms with Gasteiger partial charge in [-0.05, 0) is 57.9 Å². The van der Waals surface area contributed by atoms with Gasteiger partial charge >= 0.3 is 6.09 Å². The molecule has 22 heavy (non-hydrogen) atoms. The number of ether oxygens (including phenoxy) is 1. The number of hydrogen-bond donors (Lipinski definition) is 1. The average molecular weight is 312 g/mol. The molecule has 1 fully saturated rings. The second kappa shape index (κ2) is 7.67. The quantitative estimate of drug-likeness (QED) is 0.851. The molecule has 2 unspecified atom stereocenters. The van der Waals surface area contributed by atoms with Crippen LogP contribution in [0.25, 0.3) is 0 Å². The van der Waals surface area contributed by atoms with E-state index in [-0.39, 0.29) is 12.1 Å². The Morgan fingerprint density at radius 1 is 1.23 bits per heavy atom. The summed E-state index contributed by atoms with van der Waals surface area (Å²) in [6.07, 6.45) is 3.17. The Morgan fingerprint density at radius 3 is 2.41 bits per heavy atom. The van der Waals surface area contributed by atoms with E-state index in [1.807, 2.05) is 25.7 Å². The third-order valence-electron chi connectivity index (χ3n) is 4.56. The Hall–Kier alpha value is -0.770. The van der Waals surface area contributed by atoms with E-state index in [2.05, 4.69) is 33.0 Å². The van der Waals surface area contributed by atoms with Crippen LogP contribution in [0.5, 0.6) is 0 Å². The molecule has 0 spiro atoms. The number of rotatable bonds is 4. The molecule has 130 valence electrons. The van der Waals surface area contributed by atoms with Crippen molar-refractivity contribution in [1.29, 1.82) is 0 Å². The van der Waals surface area contributed by atoms with Crippen LogP contribution in [0.4, 0.5) is 4.79 Å². The summed E-state index contributed by atoms with van der Waals surface area (Å²) >= 11 is 0. The lowest BCUT2D eigenvalue weighted by Gasteiger charge is -2.37. The summed E-state index contributed by atoms with van der Waals surface area (Å²) in [7, 11) is 0. The maximum Gasteiger partial charge on any atom is 0.410 e. The fourth-order valence-electron chi connectivity index (χ4n) is 2.55. The first-order valence-corrected chi connectivity index (χ1v) is 8.71. The van der Waals surface area contributed by atoms with Crippen LogP contribution in [0, 0.1) is 11.3 Å². The van der Waals surface area contributed by atoms with Gasteiger partial charge in [-0.15, -0.1) is 0 Å². The highest BCUT2D eigenvalue weighted by Crippen LogP contribution is 2.25. The van der Waals surface area contributed by atoms with Gasteiger partial charge in [0.2, 0.25) is 0 Å². The molecular formula is C18H36N2O2. The molecule has 0 aliphatic carbocycles. The second-order valence-electron chi connectivity index (χ2n) is 8.75. The zero-order chi connectivity index (χ0) is 17.0. The van der Waals surface area contributed by atoms with Crippen molar-refractivity contribution < 1.29 is 9.53 Å². The van der Waals surface area contributed by atoms with Gasteiger partial charge in [0.05, 0.1) is 0 Å². The van der Waals surface area contributed by atoms with Crippen molar-refractivity contribution in [1.82, 2.24) is 10.2 Å². The number of nitrogens with zero attached hydrogens (tertiary/aromatic N) is 1. The van der Waals surface area contributed by atoms with Crippen molar-refractivity contribution >= 4 is 6.09 Å². The van der Waals surface area contributed by atoms with E-state index in [1.165, 1.54) is 6.42 Å². The Bertz CT molecular complexity index is 355. The Labute approximate surface area is 137 Å². The predicted octanol–water partition coefficient (Wildman–Crippen LogP) is 4.05. The molecule has 0 aromatic carbocycles. The van der Waals surface area contributed by atoms with E-state index in [0.717, 1.165) is 32.5 Å². The van der Waals surface area contributed by atoms with Crippen molar-refractivity contribution in [3.63, 3.8) is 0 Å². The molecule has 1 rings (SSSR count). The van der Waals surface area contributed by atoms with Crippen LogP contribution in [0.15, 0.2) is 0 Å². The van der Waals surface area contributed by atoms with Crippen molar-refractivity contribution in [3.05, 3.63) is 0 Å². The van der Waals surface area contributed by atoms with Gasteiger partial charge in [-0.3, -0.25) is 0 Å². The minimum absolute atomic E-state index is 0.164. The number of nitrogens with one attached hydrogen (secondary N) is 1. The summed E-state index contributed by atoms with van der Waals surface area (Å²) in [4.78, 5) is 14.3. The smallest absolute Gasteiger partial charge is 0.410 e. The summed E-state index contributed by atoms with van der Waals surface area (Å²) in [6, 6.07) is 0.260. The van der Waals surface area contributed by atoms with Crippen molar-refractivity contribution in [3.8, 4) is 0 Å². The van der Waals surface area contributed by atoms with E-state index in [9.17, 15) is 4.79 Å². The predicted molar refractivity (Wildman–Crippen MR) is 92.1 cm³/mol. The van der Waals surface area contributed by atoms with Gasteiger partial charge < -0.3 is 15.0 Å². The van der Waals surface area contributed by atoms with Gasteiger partial charge in [-0.2, -0.15) is 0 Å². The van der Waals surface area contributed by atoms with Gasteiger partial charge in [0.15, 0.2) is 0 Å². The number of piperidine rings is 1. The lowest BCUT2D eigenvalue weighted by atomic mass is 9.82. The summed E-state index contributed by atoms with van der Waals surface area (Å²) in [5.74, 6) is 0.603.